The maximum absolute atomic E-state index is 13.2. The van der Waals surface area contributed by atoms with Crippen molar-refractivity contribution in [1.29, 1.82) is 0 Å². The van der Waals surface area contributed by atoms with E-state index in [0.29, 0.717) is 34.6 Å². The minimum Gasteiger partial charge on any atom is -0.496 e. The van der Waals surface area contributed by atoms with Gasteiger partial charge in [-0.2, -0.15) is 0 Å². The molecule has 0 spiro atoms. The molecule has 0 aliphatic carbocycles. The fraction of sp³-hybridized carbons (Fsp3) is 0.409. The Hall–Kier alpha value is -2.06. The lowest BCUT2D eigenvalue weighted by Crippen LogP contribution is -2.12. The van der Waals surface area contributed by atoms with Crippen molar-refractivity contribution in [2.75, 3.05) is 21.3 Å². The van der Waals surface area contributed by atoms with Gasteiger partial charge in [0.15, 0.2) is 5.52 Å². The lowest BCUT2D eigenvalue weighted by molar-refractivity contribution is 0.108. The van der Waals surface area contributed by atoms with Gasteiger partial charge in [0.05, 0.1) is 21.3 Å². The van der Waals surface area contributed by atoms with Gasteiger partial charge in [-0.15, -0.1) is 0 Å². The first-order valence-electron chi connectivity index (χ1n) is 9.07. The second kappa shape index (κ2) is 9.23. The molecule has 5 heteroatoms. The van der Waals surface area contributed by atoms with E-state index >= 15 is 0 Å². The van der Waals surface area contributed by atoms with Crippen LogP contribution in [0.2, 0.25) is 0 Å². The minimum absolute atomic E-state index is 0.00541. The molecular formula is C22H29O4P. The predicted octanol–water partition coefficient (Wildman–Crippen LogP) is 5.10. The maximum Gasteiger partial charge on any atom is 0.193 e. The smallest absolute Gasteiger partial charge is 0.193 e. The van der Waals surface area contributed by atoms with Gasteiger partial charge in [-0.1, -0.05) is 45.9 Å². The summed E-state index contributed by atoms with van der Waals surface area (Å²) in [5.74, 6) is 2.29. The molecule has 0 N–H and O–H groups in total. The highest BCUT2D eigenvalue weighted by Crippen LogP contribution is 2.38. The van der Waals surface area contributed by atoms with Crippen molar-refractivity contribution in [2.24, 2.45) is 0 Å². The van der Waals surface area contributed by atoms with E-state index in [9.17, 15) is 4.79 Å². The number of ether oxygens (including phenoxy) is 3. The third kappa shape index (κ3) is 4.81. The molecule has 0 bridgehead atoms. The monoisotopic (exact) mass is 388 g/mol. The molecule has 27 heavy (non-hydrogen) atoms. The molecule has 146 valence electrons. The summed E-state index contributed by atoms with van der Waals surface area (Å²) in [6, 6.07) is 9.91. The number of benzene rings is 2. The van der Waals surface area contributed by atoms with E-state index in [2.05, 4.69) is 45.9 Å². The largest absolute Gasteiger partial charge is 0.496 e. The average Bonchev–Trinajstić information content (AvgIpc) is 2.66. The molecule has 0 radical (unpaired) electrons. The highest BCUT2D eigenvalue weighted by molar-refractivity contribution is 7.66. The number of hydrogen-bond acceptors (Lipinski definition) is 4. The second-order valence-corrected chi connectivity index (χ2v) is 8.26. The Balaban J connectivity index is 2.50. The van der Waals surface area contributed by atoms with Crippen molar-refractivity contribution >= 4 is 19.4 Å². The van der Waals surface area contributed by atoms with E-state index in [4.69, 9.17) is 14.2 Å². The van der Waals surface area contributed by atoms with Crippen molar-refractivity contribution < 1.29 is 19.0 Å². The molecule has 2 aromatic carbocycles. The van der Waals surface area contributed by atoms with Crippen molar-refractivity contribution in [3.8, 4) is 17.2 Å². The summed E-state index contributed by atoms with van der Waals surface area (Å²) in [7, 11) is 4.66. The van der Waals surface area contributed by atoms with E-state index < -0.39 is 0 Å². The van der Waals surface area contributed by atoms with E-state index in [0.717, 1.165) is 5.30 Å². The van der Waals surface area contributed by atoms with Gasteiger partial charge in [0.25, 0.3) is 0 Å². The first kappa shape index (κ1) is 21.2. The molecule has 1 unspecified atom stereocenters. The molecule has 0 aromatic heterocycles. The predicted molar refractivity (Wildman–Crippen MR) is 113 cm³/mol. The molecule has 0 saturated heterocycles. The van der Waals surface area contributed by atoms with Crippen LogP contribution in [-0.4, -0.2) is 26.9 Å². The van der Waals surface area contributed by atoms with Gasteiger partial charge in [-0.25, -0.2) is 0 Å². The zero-order valence-electron chi connectivity index (χ0n) is 17.2. The Morgan fingerprint density at radius 3 is 1.89 bits per heavy atom. The zero-order chi connectivity index (χ0) is 20.1. The summed E-state index contributed by atoms with van der Waals surface area (Å²) in [5, 5.41) is 1.08. The summed E-state index contributed by atoms with van der Waals surface area (Å²) in [6.07, 6.45) is 0. The summed E-state index contributed by atoms with van der Waals surface area (Å²) in [4.78, 5) is 13.2. The highest BCUT2D eigenvalue weighted by atomic mass is 31.1. The molecular weight excluding hydrogens is 359 g/mol. The van der Waals surface area contributed by atoms with Crippen LogP contribution in [0.4, 0.5) is 0 Å². The molecule has 4 nitrogen and oxygen atoms in total. The van der Waals surface area contributed by atoms with Crippen molar-refractivity contribution in [1.82, 2.24) is 0 Å². The van der Waals surface area contributed by atoms with Gasteiger partial charge in [0.2, 0.25) is 0 Å². The lowest BCUT2D eigenvalue weighted by Gasteiger charge is -2.18. The highest BCUT2D eigenvalue weighted by Gasteiger charge is 2.22. The zero-order valence-corrected chi connectivity index (χ0v) is 18.2. The topological polar surface area (TPSA) is 44.8 Å². The molecule has 0 aliphatic heterocycles. The fourth-order valence-electron chi connectivity index (χ4n) is 2.96. The Morgan fingerprint density at radius 1 is 0.852 bits per heavy atom. The van der Waals surface area contributed by atoms with Gasteiger partial charge in [0.1, 0.15) is 22.8 Å². The molecule has 0 saturated carbocycles. The number of methoxy groups -OCH3 is 3. The lowest BCUT2D eigenvalue weighted by atomic mass is 9.97. The van der Waals surface area contributed by atoms with E-state index in [-0.39, 0.29) is 14.1 Å². The third-order valence-corrected chi connectivity index (χ3v) is 5.74. The Morgan fingerprint density at radius 2 is 1.44 bits per heavy atom. The molecule has 0 heterocycles. The van der Waals surface area contributed by atoms with Gasteiger partial charge >= 0.3 is 0 Å². The van der Waals surface area contributed by atoms with Crippen molar-refractivity contribution in [3.05, 3.63) is 47.0 Å². The van der Waals surface area contributed by atoms with Crippen LogP contribution in [0.3, 0.4) is 0 Å². The number of hydrogen-bond donors (Lipinski definition) is 0. The van der Waals surface area contributed by atoms with Crippen LogP contribution in [0.5, 0.6) is 17.2 Å². The summed E-state index contributed by atoms with van der Waals surface area (Å²) in [5.41, 5.74) is 2.90. The van der Waals surface area contributed by atoms with Crippen molar-refractivity contribution in [2.45, 2.75) is 39.5 Å². The van der Waals surface area contributed by atoms with E-state index in [1.54, 1.807) is 33.5 Å². The molecule has 2 rings (SSSR count). The second-order valence-electron chi connectivity index (χ2n) is 7.02. The number of rotatable bonds is 8. The first-order valence-corrected chi connectivity index (χ1v) is 10.1. The van der Waals surface area contributed by atoms with Gasteiger partial charge in [-0.3, -0.25) is 4.79 Å². The van der Waals surface area contributed by atoms with Crippen LogP contribution in [-0.2, 0) is 0 Å². The van der Waals surface area contributed by atoms with Crippen LogP contribution in [0.25, 0.3) is 0 Å². The maximum atomic E-state index is 13.2. The fourth-order valence-corrected chi connectivity index (χ4v) is 4.33. The van der Waals surface area contributed by atoms with Gasteiger partial charge in [-0.05, 0) is 36.8 Å². The average molecular weight is 388 g/mol. The van der Waals surface area contributed by atoms with Crippen LogP contribution >= 0.6 is 8.58 Å². The molecule has 0 aliphatic rings. The number of carbonyl (C=O) groups is 1. The summed E-state index contributed by atoms with van der Waals surface area (Å²) < 4.78 is 16.2. The Kier molecular flexibility index (Phi) is 7.26. The van der Waals surface area contributed by atoms with Crippen LogP contribution in [0.1, 0.15) is 61.0 Å². The van der Waals surface area contributed by atoms with Gasteiger partial charge < -0.3 is 14.2 Å². The molecule has 0 fully saturated rings. The van der Waals surface area contributed by atoms with Crippen molar-refractivity contribution in [3.63, 3.8) is 0 Å². The van der Waals surface area contributed by atoms with E-state index in [1.807, 2.05) is 0 Å². The first-order chi connectivity index (χ1) is 12.8. The quantitative estimate of drug-likeness (QED) is 0.590. The molecule has 0 amide bonds. The molecule has 1 atom stereocenters. The molecule has 2 aromatic rings. The number of carbonyl (C=O) groups excluding carboxylic acids is 1. The standard InChI is InChI=1S/C22H29O4P/c1-13(2)15-8-9-17(14(3)4)20(10-15)27-22(23)21-18(25-6)11-16(24-5)12-19(21)26-7/h8-14,27H,1-7H3. The van der Waals surface area contributed by atoms with E-state index in [1.165, 1.54) is 11.1 Å². The summed E-state index contributed by atoms with van der Waals surface area (Å²) in [6.45, 7) is 8.62. The minimum atomic E-state index is -0.00703. The van der Waals surface area contributed by atoms with Crippen LogP contribution in [0, 0.1) is 0 Å². The SMILES string of the molecule is COc1cc(OC)c(C(=O)Pc2cc(C(C)C)ccc2C(C)C)c(OC)c1. The third-order valence-electron chi connectivity index (χ3n) is 4.56. The Bertz CT molecular complexity index is 787. The van der Waals surface area contributed by atoms with Gasteiger partial charge in [0, 0.05) is 12.1 Å². The van der Waals surface area contributed by atoms with Crippen LogP contribution in [0.15, 0.2) is 30.3 Å². The summed E-state index contributed by atoms with van der Waals surface area (Å²) >= 11 is 0. The normalized spacial score (nSPS) is 11.4. The van der Waals surface area contributed by atoms with Crippen LogP contribution < -0.4 is 19.5 Å². The Labute approximate surface area is 164 Å².